The number of carbonyl (C=O) groups is 1. The van der Waals surface area contributed by atoms with Crippen molar-refractivity contribution in [2.24, 2.45) is 0 Å². The lowest BCUT2D eigenvalue weighted by Gasteiger charge is -2.14. The molecule has 22 heavy (non-hydrogen) atoms. The van der Waals surface area contributed by atoms with Crippen LogP contribution in [0.1, 0.15) is 29.7 Å². The Morgan fingerprint density at radius 2 is 1.95 bits per heavy atom. The molecule has 2 rings (SSSR count). The van der Waals surface area contributed by atoms with Crippen molar-refractivity contribution in [3.8, 4) is 0 Å². The predicted octanol–water partition coefficient (Wildman–Crippen LogP) is 4.76. The first-order chi connectivity index (χ1) is 10.5. The zero-order valence-corrected chi connectivity index (χ0v) is 14.4. The van der Waals surface area contributed by atoms with E-state index in [2.05, 4.69) is 36.5 Å². The molecular weight excluding hydrogens is 314 g/mol. The van der Waals surface area contributed by atoms with E-state index in [0.717, 1.165) is 21.9 Å². The number of amides is 1. The number of nitrogens with one attached hydrogen (secondary N) is 1. The summed E-state index contributed by atoms with van der Waals surface area (Å²) in [6, 6.07) is 16.0. The molecule has 0 bridgehead atoms. The van der Waals surface area contributed by atoms with E-state index in [1.807, 2.05) is 31.2 Å². The quantitative estimate of drug-likeness (QED) is 0.825. The van der Waals surface area contributed by atoms with Crippen molar-refractivity contribution >= 4 is 29.3 Å². The van der Waals surface area contributed by atoms with Gasteiger partial charge in [-0.1, -0.05) is 53.6 Å². The molecule has 116 valence electrons. The van der Waals surface area contributed by atoms with E-state index in [9.17, 15) is 4.79 Å². The summed E-state index contributed by atoms with van der Waals surface area (Å²) < 4.78 is 0. The number of carbonyl (C=O) groups excluding carboxylic acids is 1. The molecule has 0 radical (unpaired) electrons. The van der Waals surface area contributed by atoms with Crippen LogP contribution < -0.4 is 5.32 Å². The Kier molecular flexibility index (Phi) is 6.34. The van der Waals surface area contributed by atoms with Gasteiger partial charge in [-0.3, -0.25) is 4.79 Å². The highest BCUT2D eigenvalue weighted by atomic mass is 35.5. The van der Waals surface area contributed by atoms with E-state index in [-0.39, 0.29) is 11.9 Å². The van der Waals surface area contributed by atoms with Crippen LogP contribution >= 0.6 is 23.4 Å². The van der Waals surface area contributed by atoms with Crippen molar-refractivity contribution in [2.75, 3.05) is 5.75 Å². The fourth-order valence-corrected chi connectivity index (χ4v) is 3.11. The van der Waals surface area contributed by atoms with E-state index in [0.29, 0.717) is 5.75 Å². The van der Waals surface area contributed by atoms with Gasteiger partial charge >= 0.3 is 0 Å². The van der Waals surface area contributed by atoms with Crippen LogP contribution in [0.4, 0.5) is 0 Å². The van der Waals surface area contributed by atoms with Crippen LogP contribution in [0.3, 0.4) is 0 Å². The predicted molar refractivity (Wildman–Crippen MR) is 95.4 cm³/mol. The van der Waals surface area contributed by atoms with Gasteiger partial charge in [0.2, 0.25) is 5.91 Å². The number of rotatable bonds is 6. The zero-order chi connectivity index (χ0) is 15.9. The number of hydrogen-bond donors (Lipinski definition) is 1. The molecule has 0 heterocycles. The molecule has 1 atom stereocenters. The number of hydrogen-bond acceptors (Lipinski definition) is 2. The molecule has 0 fully saturated rings. The summed E-state index contributed by atoms with van der Waals surface area (Å²) in [6.07, 6.45) is 0. The normalized spacial score (nSPS) is 12.0. The van der Waals surface area contributed by atoms with Crippen molar-refractivity contribution in [1.29, 1.82) is 0 Å². The largest absolute Gasteiger partial charge is 0.349 e. The maximum Gasteiger partial charge on any atom is 0.230 e. The lowest BCUT2D eigenvalue weighted by Crippen LogP contribution is -2.28. The Morgan fingerprint density at radius 3 is 2.64 bits per heavy atom. The molecule has 2 aromatic rings. The van der Waals surface area contributed by atoms with Gasteiger partial charge in [-0.05, 0) is 37.1 Å². The van der Waals surface area contributed by atoms with Gasteiger partial charge in [0, 0.05) is 10.8 Å². The van der Waals surface area contributed by atoms with Crippen LogP contribution in [0.5, 0.6) is 0 Å². The summed E-state index contributed by atoms with van der Waals surface area (Å²) >= 11 is 7.54. The lowest BCUT2D eigenvalue weighted by atomic mass is 10.1. The molecule has 0 saturated heterocycles. The topological polar surface area (TPSA) is 29.1 Å². The fraction of sp³-hybridized carbons (Fsp3) is 0.278. The molecule has 0 unspecified atom stereocenters. The highest BCUT2D eigenvalue weighted by Gasteiger charge is 2.09. The summed E-state index contributed by atoms with van der Waals surface area (Å²) in [5.41, 5.74) is 3.48. The van der Waals surface area contributed by atoms with Crippen molar-refractivity contribution in [3.63, 3.8) is 0 Å². The van der Waals surface area contributed by atoms with Crippen molar-refractivity contribution in [1.82, 2.24) is 5.32 Å². The summed E-state index contributed by atoms with van der Waals surface area (Å²) in [7, 11) is 0. The third-order valence-corrected chi connectivity index (χ3v) is 4.58. The molecule has 2 nitrogen and oxygen atoms in total. The summed E-state index contributed by atoms with van der Waals surface area (Å²) in [4.78, 5) is 12.0. The standard InChI is InChI=1S/C18H20ClNOS/c1-13-6-8-16(9-7-13)14(2)20-18(21)12-22-11-15-4-3-5-17(19)10-15/h3-10,14H,11-12H2,1-2H3,(H,20,21)/t14-/m1/s1. The number of halogens is 1. The zero-order valence-electron chi connectivity index (χ0n) is 12.8. The van der Waals surface area contributed by atoms with Crippen molar-refractivity contribution in [2.45, 2.75) is 25.6 Å². The number of benzene rings is 2. The SMILES string of the molecule is Cc1ccc([C@@H](C)NC(=O)CSCc2cccc(Cl)c2)cc1. The molecule has 0 aliphatic rings. The van der Waals surface area contributed by atoms with Gasteiger partial charge in [0.1, 0.15) is 0 Å². The average molecular weight is 334 g/mol. The number of thioether (sulfide) groups is 1. The van der Waals surface area contributed by atoms with Gasteiger partial charge in [-0.2, -0.15) is 0 Å². The molecule has 0 aromatic heterocycles. The van der Waals surface area contributed by atoms with Crippen LogP contribution in [0, 0.1) is 6.92 Å². The maximum absolute atomic E-state index is 12.0. The second-order valence-electron chi connectivity index (χ2n) is 5.32. The second kappa shape index (κ2) is 8.25. The van der Waals surface area contributed by atoms with Gasteiger partial charge in [0.15, 0.2) is 0 Å². The number of aryl methyl sites for hydroxylation is 1. The van der Waals surface area contributed by atoms with E-state index >= 15 is 0 Å². The van der Waals surface area contributed by atoms with Crippen LogP contribution in [0.2, 0.25) is 5.02 Å². The van der Waals surface area contributed by atoms with Gasteiger partial charge in [0.05, 0.1) is 11.8 Å². The molecule has 1 N–H and O–H groups in total. The van der Waals surface area contributed by atoms with Gasteiger partial charge < -0.3 is 5.32 Å². The van der Waals surface area contributed by atoms with E-state index in [4.69, 9.17) is 11.6 Å². The molecule has 1 amide bonds. The van der Waals surface area contributed by atoms with Crippen LogP contribution in [0.25, 0.3) is 0 Å². The van der Waals surface area contributed by atoms with E-state index in [1.165, 1.54) is 5.56 Å². The smallest absolute Gasteiger partial charge is 0.230 e. The Balaban J connectivity index is 1.76. The third kappa shape index (κ3) is 5.39. The minimum absolute atomic E-state index is 0.0277. The highest BCUT2D eigenvalue weighted by Crippen LogP contribution is 2.17. The second-order valence-corrected chi connectivity index (χ2v) is 6.74. The van der Waals surface area contributed by atoms with Gasteiger partial charge in [-0.25, -0.2) is 0 Å². The minimum atomic E-state index is 0.0277. The summed E-state index contributed by atoms with van der Waals surface area (Å²) in [5, 5.41) is 3.76. The molecule has 0 aliphatic carbocycles. The van der Waals surface area contributed by atoms with E-state index in [1.54, 1.807) is 11.8 Å². The van der Waals surface area contributed by atoms with Crippen molar-refractivity contribution < 1.29 is 4.79 Å². The first-order valence-electron chi connectivity index (χ1n) is 7.22. The summed E-state index contributed by atoms with van der Waals surface area (Å²) in [6.45, 7) is 4.06. The maximum atomic E-state index is 12.0. The van der Waals surface area contributed by atoms with E-state index < -0.39 is 0 Å². The van der Waals surface area contributed by atoms with Gasteiger partial charge in [-0.15, -0.1) is 11.8 Å². The Bertz CT molecular complexity index is 627. The van der Waals surface area contributed by atoms with Crippen molar-refractivity contribution in [3.05, 3.63) is 70.2 Å². The first kappa shape index (κ1) is 16.9. The molecule has 0 aliphatic heterocycles. The first-order valence-corrected chi connectivity index (χ1v) is 8.76. The molecule has 0 saturated carbocycles. The van der Waals surface area contributed by atoms with Crippen LogP contribution in [-0.4, -0.2) is 11.7 Å². The Labute approximate surface area is 141 Å². The third-order valence-electron chi connectivity index (χ3n) is 3.35. The fourth-order valence-electron chi connectivity index (χ4n) is 2.11. The minimum Gasteiger partial charge on any atom is -0.349 e. The van der Waals surface area contributed by atoms with Crippen LogP contribution in [0.15, 0.2) is 48.5 Å². The molecule has 2 aromatic carbocycles. The summed E-state index contributed by atoms with van der Waals surface area (Å²) in [5.74, 6) is 1.29. The molecule has 0 spiro atoms. The van der Waals surface area contributed by atoms with Gasteiger partial charge in [0.25, 0.3) is 0 Å². The average Bonchev–Trinajstić information content (AvgIpc) is 2.48. The molecule has 4 heteroatoms. The highest BCUT2D eigenvalue weighted by molar-refractivity contribution is 7.99. The lowest BCUT2D eigenvalue weighted by molar-refractivity contribution is -0.119. The Hall–Kier alpha value is -1.45. The van der Waals surface area contributed by atoms with Crippen LogP contribution in [-0.2, 0) is 10.5 Å². The Morgan fingerprint density at radius 1 is 1.23 bits per heavy atom. The molecular formula is C18H20ClNOS. The monoisotopic (exact) mass is 333 g/mol.